The lowest BCUT2D eigenvalue weighted by Gasteiger charge is -2.29. The highest BCUT2D eigenvalue weighted by Gasteiger charge is 2.47. The van der Waals surface area contributed by atoms with Crippen molar-refractivity contribution in [2.45, 2.75) is 43.3 Å². The van der Waals surface area contributed by atoms with Gasteiger partial charge in [-0.05, 0) is 12.8 Å². The van der Waals surface area contributed by atoms with Gasteiger partial charge in [-0.1, -0.05) is 12.8 Å². The largest absolute Gasteiger partial charge is 0.511 e. The third kappa shape index (κ3) is 3.05. The molecule has 0 spiro atoms. The quantitative estimate of drug-likeness (QED) is 0.753. The van der Waals surface area contributed by atoms with Crippen LogP contribution >= 0.6 is 0 Å². The van der Waals surface area contributed by atoms with Crippen LogP contribution < -0.4 is 10.5 Å². The zero-order valence-electron chi connectivity index (χ0n) is 7.92. The molecule has 0 amide bonds. The molecule has 0 aromatic heterocycles. The van der Waals surface area contributed by atoms with Crippen molar-refractivity contribution in [1.82, 2.24) is 4.72 Å². The van der Waals surface area contributed by atoms with E-state index in [4.69, 9.17) is 5.73 Å². The van der Waals surface area contributed by atoms with Crippen LogP contribution in [0.4, 0.5) is 13.2 Å². The van der Waals surface area contributed by atoms with Crippen molar-refractivity contribution in [2.24, 2.45) is 5.73 Å². The molecule has 1 aliphatic carbocycles. The van der Waals surface area contributed by atoms with Crippen LogP contribution in [0.25, 0.3) is 0 Å². The Bertz CT molecular complexity index is 315. The summed E-state index contributed by atoms with van der Waals surface area (Å²) in [5.41, 5.74) is 0.275. The molecule has 1 unspecified atom stereocenters. The Balaban J connectivity index is 2.69. The summed E-state index contributed by atoms with van der Waals surface area (Å²) in [5.74, 6) is 0. The van der Waals surface area contributed by atoms with Gasteiger partial charge in [-0.15, -0.1) is 0 Å². The van der Waals surface area contributed by atoms with Crippen LogP contribution in [-0.2, 0) is 10.0 Å². The third-order valence-corrected chi connectivity index (χ3v) is 3.65. The molecule has 0 saturated heterocycles. The van der Waals surface area contributed by atoms with Gasteiger partial charge in [0.15, 0.2) is 0 Å². The van der Waals surface area contributed by atoms with E-state index < -0.39 is 27.6 Å². The maximum absolute atomic E-state index is 12.0. The van der Waals surface area contributed by atoms with E-state index in [0.29, 0.717) is 19.3 Å². The molecule has 0 aliphatic heterocycles. The van der Waals surface area contributed by atoms with E-state index in [1.807, 2.05) is 0 Å². The van der Waals surface area contributed by atoms with E-state index in [9.17, 15) is 21.6 Å². The van der Waals surface area contributed by atoms with Gasteiger partial charge in [0, 0.05) is 12.1 Å². The van der Waals surface area contributed by atoms with Gasteiger partial charge in [-0.2, -0.15) is 13.2 Å². The van der Waals surface area contributed by atoms with Gasteiger partial charge in [-0.25, -0.2) is 13.1 Å². The topological polar surface area (TPSA) is 72.2 Å². The molecule has 4 nitrogen and oxygen atoms in total. The van der Waals surface area contributed by atoms with Crippen LogP contribution in [-0.4, -0.2) is 26.0 Å². The molecule has 1 aliphatic rings. The minimum atomic E-state index is -5.26. The fourth-order valence-electron chi connectivity index (χ4n) is 1.57. The lowest BCUT2D eigenvalue weighted by atomic mass is 9.92. The first-order chi connectivity index (χ1) is 6.74. The van der Waals surface area contributed by atoms with Gasteiger partial charge < -0.3 is 5.73 Å². The summed E-state index contributed by atoms with van der Waals surface area (Å²) < 4.78 is 59.2. The summed E-state index contributed by atoms with van der Waals surface area (Å²) in [6.07, 6.45) is 2.42. The van der Waals surface area contributed by atoms with E-state index in [2.05, 4.69) is 0 Å². The predicted octanol–water partition coefficient (Wildman–Crippen LogP) is 0.696. The fourth-order valence-corrected chi connectivity index (χ4v) is 2.40. The summed E-state index contributed by atoms with van der Waals surface area (Å²) in [5, 5.41) is 0. The minimum absolute atomic E-state index is 0.358. The van der Waals surface area contributed by atoms with Gasteiger partial charge in [-0.3, -0.25) is 0 Å². The first kappa shape index (κ1) is 12.7. The Labute approximate surface area is 86.1 Å². The second kappa shape index (κ2) is 4.26. The van der Waals surface area contributed by atoms with E-state index in [1.54, 1.807) is 4.72 Å². The number of sulfonamides is 1. The number of alkyl halides is 3. The lowest BCUT2D eigenvalue weighted by Crippen LogP contribution is -2.52. The normalized spacial score (nSPS) is 29.1. The molecule has 8 heteroatoms. The third-order valence-electron chi connectivity index (χ3n) is 2.43. The molecule has 0 aromatic carbocycles. The molecular weight excluding hydrogens is 233 g/mol. The van der Waals surface area contributed by atoms with Crippen molar-refractivity contribution in [3.8, 4) is 0 Å². The number of hydrogen-bond donors (Lipinski definition) is 2. The average molecular weight is 246 g/mol. The van der Waals surface area contributed by atoms with Crippen LogP contribution in [0.3, 0.4) is 0 Å². The van der Waals surface area contributed by atoms with Gasteiger partial charge >= 0.3 is 15.5 Å². The van der Waals surface area contributed by atoms with Crippen molar-refractivity contribution in [1.29, 1.82) is 0 Å². The molecule has 0 heterocycles. The monoisotopic (exact) mass is 246 g/mol. The maximum atomic E-state index is 12.0. The molecule has 3 N–H and O–H groups in total. The molecule has 1 saturated carbocycles. The second-order valence-electron chi connectivity index (χ2n) is 3.62. The van der Waals surface area contributed by atoms with E-state index in [0.717, 1.165) is 6.42 Å². The van der Waals surface area contributed by atoms with Crippen molar-refractivity contribution in [3.05, 3.63) is 0 Å². The minimum Gasteiger partial charge on any atom is -0.326 e. The molecule has 0 radical (unpaired) electrons. The Morgan fingerprint density at radius 3 is 2.20 bits per heavy atom. The Morgan fingerprint density at radius 2 is 1.73 bits per heavy atom. The number of nitrogens with one attached hydrogen (secondary N) is 1. The number of hydrogen-bond acceptors (Lipinski definition) is 3. The zero-order valence-corrected chi connectivity index (χ0v) is 8.74. The highest BCUT2D eigenvalue weighted by molar-refractivity contribution is 7.90. The van der Waals surface area contributed by atoms with E-state index in [-0.39, 0.29) is 0 Å². The molecular formula is C7H13F3N2O2S. The molecule has 0 aromatic rings. The predicted molar refractivity (Wildman–Crippen MR) is 48.3 cm³/mol. The average Bonchev–Trinajstić information content (AvgIpc) is 2.06. The van der Waals surface area contributed by atoms with Gasteiger partial charge in [0.25, 0.3) is 0 Å². The molecule has 90 valence electrons. The van der Waals surface area contributed by atoms with E-state index >= 15 is 0 Å². The van der Waals surface area contributed by atoms with Crippen LogP contribution in [0.15, 0.2) is 0 Å². The summed E-state index contributed by atoms with van der Waals surface area (Å²) in [6.45, 7) is 0. The summed E-state index contributed by atoms with van der Waals surface area (Å²) >= 11 is 0. The number of rotatable bonds is 2. The van der Waals surface area contributed by atoms with Crippen molar-refractivity contribution in [3.63, 3.8) is 0 Å². The van der Waals surface area contributed by atoms with Crippen molar-refractivity contribution < 1.29 is 21.6 Å². The maximum Gasteiger partial charge on any atom is 0.511 e. The second-order valence-corrected chi connectivity index (χ2v) is 5.33. The Morgan fingerprint density at radius 1 is 1.20 bits per heavy atom. The van der Waals surface area contributed by atoms with Crippen LogP contribution in [0.2, 0.25) is 0 Å². The van der Waals surface area contributed by atoms with E-state index in [1.165, 1.54) is 0 Å². The Hall–Kier alpha value is -0.340. The van der Waals surface area contributed by atoms with Crippen molar-refractivity contribution >= 4 is 10.0 Å². The molecule has 2 atom stereocenters. The van der Waals surface area contributed by atoms with Gasteiger partial charge in [0.1, 0.15) is 0 Å². The van der Waals surface area contributed by atoms with Crippen molar-refractivity contribution in [2.75, 3.05) is 0 Å². The molecule has 1 rings (SSSR count). The summed E-state index contributed by atoms with van der Waals surface area (Å²) in [7, 11) is -5.26. The Kier molecular flexibility index (Phi) is 3.62. The number of halogens is 3. The highest BCUT2D eigenvalue weighted by Crippen LogP contribution is 2.25. The van der Waals surface area contributed by atoms with Crippen LogP contribution in [0.1, 0.15) is 25.7 Å². The first-order valence-electron chi connectivity index (χ1n) is 4.58. The molecule has 1 fully saturated rings. The SMILES string of the molecule is NC1CCCC[C@@H]1NS(=O)(=O)C(F)(F)F. The smallest absolute Gasteiger partial charge is 0.326 e. The van der Waals surface area contributed by atoms with Gasteiger partial charge in [0.05, 0.1) is 0 Å². The zero-order chi connectivity index (χ0) is 11.7. The fraction of sp³-hybridized carbons (Fsp3) is 1.00. The lowest BCUT2D eigenvalue weighted by molar-refractivity contribution is -0.0452. The molecule has 0 bridgehead atoms. The molecule has 15 heavy (non-hydrogen) atoms. The highest BCUT2D eigenvalue weighted by atomic mass is 32.2. The summed E-state index contributed by atoms with van der Waals surface area (Å²) in [6, 6.07) is -1.33. The van der Waals surface area contributed by atoms with Gasteiger partial charge in [0.2, 0.25) is 0 Å². The standard InChI is InChI=1S/C7H13F3N2O2S/c8-7(9,10)15(13,14)12-6-4-2-1-3-5(6)11/h5-6,12H,1-4,11H2/t5?,6-/m0/s1. The van der Waals surface area contributed by atoms with Crippen LogP contribution in [0.5, 0.6) is 0 Å². The summed E-state index contributed by atoms with van der Waals surface area (Å²) in [4.78, 5) is 0. The number of nitrogens with two attached hydrogens (primary N) is 1. The first-order valence-corrected chi connectivity index (χ1v) is 6.06. The van der Waals surface area contributed by atoms with Crippen LogP contribution in [0, 0.1) is 0 Å².